The quantitative estimate of drug-likeness (QED) is 0.488. The number of thioether (sulfide) groups is 1. The number of amides is 2. The molecular formula is C25H24FN3O2S. The fourth-order valence-corrected chi connectivity index (χ4v) is 4.39. The number of carbonyl (C=O) groups excluding carboxylic acids is 2. The molecule has 4 rings (SSSR count). The van der Waals surface area contributed by atoms with E-state index in [0.717, 1.165) is 16.8 Å². The van der Waals surface area contributed by atoms with Gasteiger partial charge in [-0.1, -0.05) is 42.0 Å². The molecule has 0 bridgehead atoms. The first-order valence-corrected chi connectivity index (χ1v) is 11.5. The highest BCUT2D eigenvalue weighted by molar-refractivity contribution is 7.98. The maximum atomic E-state index is 13.0. The molecule has 3 N–H and O–H groups in total. The van der Waals surface area contributed by atoms with Gasteiger partial charge in [0, 0.05) is 23.6 Å². The molecule has 5 nitrogen and oxygen atoms in total. The maximum Gasteiger partial charge on any atom is 0.251 e. The van der Waals surface area contributed by atoms with Gasteiger partial charge in [-0.25, -0.2) is 4.39 Å². The van der Waals surface area contributed by atoms with Crippen molar-refractivity contribution in [3.63, 3.8) is 0 Å². The van der Waals surface area contributed by atoms with Crippen molar-refractivity contribution in [2.75, 3.05) is 16.4 Å². The molecule has 32 heavy (non-hydrogen) atoms. The Labute approximate surface area is 190 Å². The summed E-state index contributed by atoms with van der Waals surface area (Å²) in [5.74, 6) is 0.674. The Kier molecular flexibility index (Phi) is 6.75. The van der Waals surface area contributed by atoms with Crippen LogP contribution in [0.15, 0.2) is 66.7 Å². The minimum atomic E-state index is -0.380. The molecule has 7 heteroatoms. The van der Waals surface area contributed by atoms with Crippen LogP contribution in [-0.2, 0) is 17.1 Å². The molecule has 3 aromatic carbocycles. The van der Waals surface area contributed by atoms with Crippen molar-refractivity contribution in [3.8, 4) is 0 Å². The van der Waals surface area contributed by atoms with Gasteiger partial charge < -0.3 is 16.0 Å². The highest BCUT2D eigenvalue weighted by atomic mass is 32.2. The largest absolute Gasteiger partial charge is 0.371 e. The van der Waals surface area contributed by atoms with Gasteiger partial charge in [0.05, 0.1) is 11.4 Å². The fourth-order valence-electron chi connectivity index (χ4n) is 3.37. The van der Waals surface area contributed by atoms with Gasteiger partial charge in [0.2, 0.25) is 5.91 Å². The Bertz CT molecular complexity index is 1120. The van der Waals surface area contributed by atoms with Crippen LogP contribution >= 0.6 is 11.8 Å². The highest BCUT2D eigenvalue weighted by Crippen LogP contribution is 2.29. The van der Waals surface area contributed by atoms with E-state index in [4.69, 9.17) is 0 Å². The van der Waals surface area contributed by atoms with Crippen LogP contribution in [0.3, 0.4) is 0 Å². The molecule has 1 unspecified atom stereocenters. The van der Waals surface area contributed by atoms with Crippen molar-refractivity contribution in [3.05, 3.63) is 94.8 Å². The minimum Gasteiger partial charge on any atom is -0.371 e. The number of hydrogen-bond acceptors (Lipinski definition) is 4. The molecule has 0 spiro atoms. The van der Waals surface area contributed by atoms with Crippen LogP contribution in [-0.4, -0.2) is 23.6 Å². The van der Waals surface area contributed by atoms with E-state index >= 15 is 0 Å². The summed E-state index contributed by atoms with van der Waals surface area (Å²) in [7, 11) is 0. The van der Waals surface area contributed by atoms with Crippen LogP contribution in [0.2, 0.25) is 0 Å². The number of rotatable bonds is 7. The van der Waals surface area contributed by atoms with Gasteiger partial charge >= 0.3 is 0 Å². The lowest BCUT2D eigenvalue weighted by Gasteiger charge is -2.27. The zero-order valence-electron chi connectivity index (χ0n) is 17.7. The molecule has 0 fully saturated rings. The van der Waals surface area contributed by atoms with Crippen LogP contribution in [0.5, 0.6) is 0 Å². The van der Waals surface area contributed by atoms with E-state index in [0.29, 0.717) is 29.3 Å². The summed E-state index contributed by atoms with van der Waals surface area (Å²) in [6.07, 6.45) is 0. The molecule has 1 aliphatic heterocycles. The first-order chi connectivity index (χ1) is 15.5. The third-order valence-electron chi connectivity index (χ3n) is 5.23. The lowest BCUT2D eigenvalue weighted by atomic mass is 10.1. The zero-order valence-corrected chi connectivity index (χ0v) is 18.5. The van der Waals surface area contributed by atoms with Crippen LogP contribution < -0.4 is 16.0 Å². The summed E-state index contributed by atoms with van der Waals surface area (Å²) in [6, 6.07) is 19.2. The topological polar surface area (TPSA) is 70.2 Å². The van der Waals surface area contributed by atoms with Crippen molar-refractivity contribution < 1.29 is 14.0 Å². The van der Waals surface area contributed by atoms with Crippen LogP contribution in [0.1, 0.15) is 27.0 Å². The fraction of sp³-hybridized carbons (Fsp3) is 0.200. The average Bonchev–Trinajstić information content (AvgIpc) is 2.80. The van der Waals surface area contributed by atoms with E-state index in [-0.39, 0.29) is 23.7 Å². The molecule has 1 atom stereocenters. The highest BCUT2D eigenvalue weighted by Gasteiger charge is 2.26. The monoisotopic (exact) mass is 449 g/mol. The Morgan fingerprint density at radius 3 is 2.47 bits per heavy atom. The summed E-state index contributed by atoms with van der Waals surface area (Å²) in [6.45, 7) is 2.46. The Hall–Kier alpha value is -3.32. The summed E-state index contributed by atoms with van der Waals surface area (Å²) in [4.78, 5) is 25.1. The molecule has 0 aromatic heterocycles. The number of carbonyl (C=O) groups is 2. The normalized spacial score (nSPS) is 14.8. The SMILES string of the molecule is Cc1ccc(CNC(=O)c2ccc3c(c2)NC(=O)C(CSCc2ccc(F)cc2)N3)cc1. The first-order valence-electron chi connectivity index (χ1n) is 10.4. The second-order valence-corrected chi connectivity index (χ2v) is 8.79. The van der Waals surface area contributed by atoms with Crippen molar-refractivity contribution >= 4 is 35.0 Å². The van der Waals surface area contributed by atoms with Crippen LogP contribution in [0, 0.1) is 12.7 Å². The van der Waals surface area contributed by atoms with Crippen LogP contribution in [0.4, 0.5) is 15.8 Å². The number of anilines is 2. The van der Waals surface area contributed by atoms with E-state index < -0.39 is 0 Å². The van der Waals surface area contributed by atoms with Crippen molar-refractivity contribution in [2.24, 2.45) is 0 Å². The summed E-state index contributed by atoms with van der Waals surface area (Å²) in [5, 5.41) is 9.05. The second-order valence-electron chi connectivity index (χ2n) is 7.76. The van der Waals surface area contributed by atoms with Crippen molar-refractivity contribution in [2.45, 2.75) is 25.3 Å². The Morgan fingerprint density at radius 2 is 1.72 bits per heavy atom. The number of aryl methyl sites for hydroxylation is 1. The van der Waals surface area contributed by atoms with Gasteiger partial charge in [-0.15, -0.1) is 0 Å². The smallest absolute Gasteiger partial charge is 0.251 e. The predicted octanol–water partition coefficient (Wildman–Crippen LogP) is 4.73. The standard InChI is InChI=1S/C25H24FN3O2S/c1-16-2-4-17(5-3-16)13-27-24(30)19-8-11-21-22(12-19)29-25(31)23(28-21)15-32-14-18-6-9-20(26)10-7-18/h2-12,23,28H,13-15H2,1H3,(H,27,30)(H,29,31). The van der Waals surface area contributed by atoms with Gasteiger partial charge in [0.15, 0.2) is 0 Å². The molecule has 0 aliphatic carbocycles. The van der Waals surface area contributed by atoms with Crippen molar-refractivity contribution in [1.29, 1.82) is 0 Å². The summed E-state index contributed by atoms with van der Waals surface area (Å²) < 4.78 is 13.0. The third kappa shape index (κ3) is 5.48. The molecule has 164 valence electrons. The number of benzene rings is 3. The van der Waals surface area contributed by atoms with E-state index in [9.17, 15) is 14.0 Å². The van der Waals surface area contributed by atoms with E-state index in [1.54, 1.807) is 36.0 Å². The number of nitrogens with one attached hydrogen (secondary N) is 3. The lowest BCUT2D eigenvalue weighted by molar-refractivity contribution is -0.116. The molecule has 0 radical (unpaired) electrons. The van der Waals surface area contributed by atoms with Gasteiger partial charge in [-0.3, -0.25) is 9.59 Å². The lowest BCUT2D eigenvalue weighted by Crippen LogP contribution is -2.40. The maximum absolute atomic E-state index is 13.0. The molecule has 0 saturated heterocycles. The minimum absolute atomic E-state index is 0.138. The van der Waals surface area contributed by atoms with E-state index in [1.165, 1.54) is 17.7 Å². The first kappa shape index (κ1) is 21.9. The molecule has 1 heterocycles. The summed E-state index contributed by atoms with van der Waals surface area (Å²) >= 11 is 1.60. The van der Waals surface area contributed by atoms with Gasteiger partial charge in [0.1, 0.15) is 11.9 Å². The number of halogens is 1. The molecule has 1 aliphatic rings. The number of fused-ring (bicyclic) bond motifs is 1. The third-order valence-corrected chi connectivity index (χ3v) is 6.33. The van der Waals surface area contributed by atoms with Gasteiger partial charge in [-0.05, 0) is 48.4 Å². The van der Waals surface area contributed by atoms with Gasteiger partial charge in [-0.2, -0.15) is 11.8 Å². The van der Waals surface area contributed by atoms with Crippen LogP contribution in [0.25, 0.3) is 0 Å². The molecule has 3 aromatic rings. The Balaban J connectivity index is 1.32. The number of hydrogen-bond donors (Lipinski definition) is 3. The van der Waals surface area contributed by atoms with Gasteiger partial charge in [0.25, 0.3) is 5.91 Å². The molecule has 2 amide bonds. The molecular weight excluding hydrogens is 425 g/mol. The Morgan fingerprint density at radius 1 is 1.00 bits per heavy atom. The second kappa shape index (κ2) is 9.87. The average molecular weight is 450 g/mol. The zero-order chi connectivity index (χ0) is 22.5. The predicted molar refractivity (Wildman–Crippen MR) is 127 cm³/mol. The van der Waals surface area contributed by atoms with E-state index in [1.807, 2.05) is 37.3 Å². The van der Waals surface area contributed by atoms with Crippen molar-refractivity contribution in [1.82, 2.24) is 5.32 Å². The summed E-state index contributed by atoms with van der Waals surface area (Å²) in [5.41, 5.74) is 5.07. The molecule has 0 saturated carbocycles. The van der Waals surface area contributed by atoms with E-state index in [2.05, 4.69) is 16.0 Å².